The Kier molecular flexibility index (Phi) is 3.46. The van der Waals surface area contributed by atoms with Crippen LogP contribution in [0, 0.1) is 17.3 Å². The van der Waals surface area contributed by atoms with Gasteiger partial charge in [0.15, 0.2) is 0 Å². The summed E-state index contributed by atoms with van der Waals surface area (Å²) in [5.41, 5.74) is 1.86. The molecule has 82 valence electrons. The minimum absolute atomic E-state index is 0.382. The largest absolute Gasteiger partial charge is 0.556 e. The Bertz CT molecular complexity index is 233. The van der Waals surface area contributed by atoms with Gasteiger partial charge in [-0.2, -0.15) is 0 Å². The van der Waals surface area contributed by atoms with Crippen LogP contribution in [0.25, 0.3) is 0 Å². The van der Waals surface area contributed by atoms with E-state index in [1.807, 2.05) is 0 Å². The van der Waals surface area contributed by atoms with Gasteiger partial charge in [0, 0.05) is 0 Å². The molecule has 1 aliphatic rings. The van der Waals surface area contributed by atoms with Crippen LogP contribution in [0.4, 0.5) is 0 Å². The molecule has 14 heavy (non-hydrogen) atoms. The van der Waals surface area contributed by atoms with Crippen LogP contribution in [0.15, 0.2) is 11.3 Å². The number of hydrogen-bond acceptors (Lipinski definition) is 1. The van der Waals surface area contributed by atoms with E-state index in [1.54, 1.807) is 0 Å². The Hall–Kier alpha value is -0.243. The summed E-state index contributed by atoms with van der Waals surface area (Å²) < 4.78 is 5.48. The third-order valence-corrected chi connectivity index (χ3v) is 3.97. The molecule has 0 spiro atoms. The smallest absolute Gasteiger partial charge is 0.203 e. The van der Waals surface area contributed by atoms with Crippen LogP contribution >= 0.6 is 0 Å². The molecule has 1 nitrogen and oxygen atoms in total. The highest BCUT2D eigenvalue weighted by Gasteiger charge is 2.40. The molecule has 1 unspecified atom stereocenters. The molecule has 1 aliphatic carbocycles. The molecule has 0 bridgehead atoms. The molecule has 0 aromatic rings. The van der Waals surface area contributed by atoms with Gasteiger partial charge in [-0.05, 0) is 49.5 Å². The predicted octanol–water partition coefficient (Wildman–Crippen LogP) is 2.65. The van der Waals surface area contributed by atoms with E-state index in [0.29, 0.717) is 5.41 Å². The van der Waals surface area contributed by atoms with Crippen molar-refractivity contribution in [3.8, 4) is 0 Å². The van der Waals surface area contributed by atoms with Crippen molar-refractivity contribution in [3.63, 3.8) is 0 Å². The monoisotopic (exact) mass is 212 g/mol. The maximum Gasteiger partial charge on any atom is 0.203 e. The maximum absolute atomic E-state index is 5.48. The lowest BCUT2D eigenvalue weighted by Gasteiger charge is -2.32. The zero-order valence-corrected chi connectivity index (χ0v) is 12.5. The first-order valence-electron chi connectivity index (χ1n) is 5.59. The van der Waals surface area contributed by atoms with Gasteiger partial charge < -0.3 is 4.43 Å². The molecule has 0 heterocycles. The van der Waals surface area contributed by atoms with Crippen LogP contribution in [-0.4, -0.2) is 10.5 Å². The summed E-state index contributed by atoms with van der Waals surface area (Å²) in [6.07, 6.45) is 2.82. The van der Waals surface area contributed by atoms with E-state index in [0.717, 1.165) is 22.3 Å². The van der Waals surface area contributed by atoms with Crippen LogP contribution in [0.2, 0.25) is 0 Å². The summed E-state index contributed by atoms with van der Waals surface area (Å²) in [6, 6.07) is 0. The Morgan fingerprint density at radius 3 is 2.07 bits per heavy atom. The lowest BCUT2D eigenvalue weighted by Crippen LogP contribution is -2.24. The molecular formula is C12H24OSi. The molecule has 1 atom stereocenters. The quantitative estimate of drug-likeness (QED) is 0.516. The van der Waals surface area contributed by atoms with Crippen LogP contribution in [0.5, 0.6) is 0 Å². The van der Waals surface area contributed by atoms with Crippen molar-refractivity contribution in [2.45, 2.75) is 47.5 Å². The molecule has 0 saturated heterocycles. The van der Waals surface area contributed by atoms with E-state index in [1.165, 1.54) is 24.2 Å². The Morgan fingerprint density at radius 2 is 1.79 bits per heavy atom. The topological polar surface area (TPSA) is 9.23 Å². The van der Waals surface area contributed by atoms with Gasteiger partial charge in [-0.3, -0.25) is 0 Å². The standard InChI is InChI=1S/C12H24OSi/c1-8(9(2)13-14)11(10-6-7-10)12(3,4)5/h10-11H,6-7H2,1-5,14H3. The summed E-state index contributed by atoms with van der Waals surface area (Å²) in [6.45, 7) is 11.4. The molecule has 0 aromatic carbocycles. The van der Waals surface area contributed by atoms with E-state index in [-0.39, 0.29) is 0 Å². The molecule has 1 saturated carbocycles. The predicted molar refractivity (Wildman–Crippen MR) is 65.1 cm³/mol. The van der Waals surface area contributed by atoms with Crippen LogP contribution in [0.1, 0.15) is 47.5 Å². The van der Waals surface area contributed by atoms with Gasteiger partial charge in [-0.25, -0.2) is 0 Å². The zero-order valence-electron chi connectivity index (χ0n) is 10.5. The summed E-state index contributed by atoms with van der Waals surface area (Å²) in [7, 11) is 0.812. The molecule has 0 N–H and O–H groups in total. The van der Waals surface area contributed by atoms with E-state index in [4.69, 9.17) is 4.43 Å². The molecule has 0 radical (unpaired) electrons. The van der Waals surface area contributed by atoms with Gasteiger partial charge >= 0.3 is 0 Å². The molecule has 1 rings (SSSR count). The molecular weight excluding hydrogens is 188 g/mol. The van der Waals surface area contributed by atoms with E-state index in [9.17, 15) is 0 Å². The normalized spacial score (nSPS) is 21.8. The first kappa shape index (κ1) is 11.8. The fourth-order valence-corrected chi connectivity index (χ4v) is 2.84. The highest BCUT2D eigenvalue weighted by atomic mass is 28.2. The van der Waals surface area contributed by atoms with E-state index in [2.05, 4.69) is 34.6 Å². The van der Waals surface area contributed by atoms with Gasteiger partial charge in [-0.15, -0.1) is 0 Å². The summed E-state index contributed by atoms with van der Waals surface area (Å²) in [5, 5.41) is 0. The van der Waals surface area contributed by atoms with Crippen molar-refractivity contribution in [3.05, 3.63) is 11.3 Å². The third-order valence-electron chi connectivity index (χ3n) is 3.35. The summed E-state index contributed by atoms with van der Waals surface area (Å²) in [5.74, 6) is 2.81. The zero-order chi connectivity index (χ0) is 10.9. The Labute approximate surface area is 91.5 Å². The van der Waals surface area contributed by atoms with Gasteiger partial charge in [0.25, 0.3) is 0 Å². The van der Waals surface area contributed by atoms with Gasteiger partial charge in [0.2, 0.25) is 10.5 Å². The minimum atomic E-state index is 0.382. The first-order chi connectivity index (χ1) is 6.38. The Morgan fingerprint density at radius 1 is 1.29 bits per heavy atom. The minimum Gasteiger partial charge on any atom is -0.556 e. The second-order valence-electron chi connectivity index (χ2n) is 5.62. The van der Waals surface area contributed by atoms with Crippen molar-refractivity contribution in [2.75, 3.05) is 0 Å². The van der Waals surface area contributed by atoms with Gasteiger partial charge in [0.1, 0.15) is 0 Å². The maximum atomic E-state index is 5.48. The van der Waals surface area contributed by atoms with Crippen molar-refractivity contribution in [2.24, 2.45) is 17.3 Å². The van der Waals surface area contributed by atoms with Crippen molar-refractivity contribution < 1.29 is 4.43 Å². The molecule has 1 fully saturated rings. The second kappa shape index (κ2) is 4.09. The van der Waals surface area contributed by atoms with Crippen molar-refractivity contribution in [1.82, 2.24) is 0 Å². The first-order valence-corrected chi connectivity index (χ1v) is 6.41. The fourth-order valence-electron chi connectivity index (χ4n) is 2.52. The number of rotatable bonds is 3. The van der Waals surface area contributed by atoms with Crippen molar-refractivity contribution in [1.29, 1.82) is 0 Å². The second-order valence-corrected chi connectivity index (χ2v) is 6.03. The highest BCUT2D eigenvalue weighted by molar-refractivity contribution is 5.98. The van der Waals surface area contributed by atoms with Gasteiger partial charge in [-0.1, -0.05) is 20.8 Å². The molecule has 0 aliphatic heterocycles. The summed E-state index contributed by atoms with van der Waals surface area (Å²) >= 11 is 0. The average molecular weight is 212 g/mol. The van der Waals surface area contributed by atoms with E-state index >= 15 is 0 Å². The SMILES string of the molecule is CC(O[SiH3])=C(C)C(C1CC1)C(C)(C)C. The van der Waals surface area contributed by atoms with E-state index < -0.39 is 0 Å². The molecule has 2 heteroatoms. The van der Waals surface area contributed by atoms with Gasteiger partial charge in [0.05, 0.1) is 5.76 Å². The average Bonchev–Trinajstić information content (AvgIpc) is 2.84. The number of allylic oxidation sites excluding steroid dienone is 2. The molecule has 0 aromatic heterocycles. The van der Waals surface area contributed by atoms with Crippen molar-refractivity contribution >= 4 is 10.5 Å². The van der Waals surface area contributed by atoms with Crippen LogP contribution in [0.3, 0.4) is 0 Å². The highest BCUT2D eigenvalue weighted by Crippen LogP contribution is 2.49. The lowest BCUT2D eigenvalue weighted by atomic mass is 9.73. The van der Waals surface area contributed by atoms with Crippen LogP contribution in [-0.2, 0) is 4.43 Å². The lowest BCUT2D eigenvalue weighted by molar-refractivity contribution is 0.241. The summed E-state index contributed by atoms with van der Waals surface area (Å²) in [4.78, 5) is 0. The number of hydrogen-bond donors (Lipinski definition) is 0. The Balaban J connectivity index is 2.88. The fraction of sp³-hybridized carbons (Fsp3) is 0.833. The molecule has 0 amide bonds. The van der Waals surface area contributed by atoms with Crippen LogP contribution < -0.4 is 0 Å². The third kappa shape index (κ3) is 2.63.